The van der Waals surface area contributed by atoms with Crippen molar-refractivity contribution in [2.45, 2.75) is 38.9 Å². The van der Waals surface area contributed by atoms with E-state index in [2.05, 4.69) is 10.6 Å². The van der Waals surface area contributed by atoms with E-state index < -0.39 is 23.8 Å². The summed E-state index contributed by atoms with van der Waals surface area (Å²) in [7, 11) is 1.34. The van der Waals surface area contributed by atoms with Crippen LogP contribution in [-0.4, -0.2) is 65.7 Å². The molecule has 0 aliphatic heterocycles. The molecule has 3 N–H and O–H groups in total. The number of nitrogens with zero attached hydrogens (tertiary/aromatic N) is 1. The van der Waals surface area contributed by atoms with Crippen LogP contribution >= 0.6 is 12.2 Å². The van der Waals surface area contributed by atoms with Crippen LogP contribution in [0.4, 0.5) is 16.2 Å². The van der Waals surface area contributed by atoms with Gasteiger partial charge in [0.25, 0.3) is 0 Å². The Balaban J connectivity index is 1.53. The van der Waals surface area contributed by atoms with Crippen molar-refractivity contribution >= 4 is 40.8 Å². The molecule has 0 radical (unpaired) electrons. The van der Waals surface area contributed by atoms with E-state index in [1.807, 2.05) is 54.6 Å². The van der Waals surface area contributed by atoms with Gasteiger partial charge in [-0.25, -0.2) is 9.59 Å². The van der Waals surface area contributed by atoms with Crippen molar-refractivity contribution < 1.29 is 28.9 Å². The highest BCUT2D eigenvalue weighted by molar-refractivity contribution is 7.80. The third-order valence-corrected chi connectivity index (χ3v) is 5.92. The Morgan fingerprint density at radius 2 is 1.51 bits per heavy atom. The Morgan fingerprint density at radius 3 is 2.07 bits per heavy atom. The Bertz CT molecular complexity index is 1280. The van der Waals surface area contributed by atoms with E-state index in [9.17, 15) is 14.7 Å². The fourth-order valence-electron chi connectivity index (χ4n) is 3.72. The topological polar surface area (TPSA) is 109 Å². The van der Waals surface area contributed by atoms with Crippen LogP contribution in [0, 0.1) is 0 Å². The molecule has 0 saturated carbocycles. The van der Waals surface area contributed by atoms with Gasteiger partial charge in [-0.2, -0.15) is 0 Å². The number of hydrogen-bond donors (Lipinski definition) is 3. The van der Waals surface area contributed by atoms with Crippen LogP contribution in [0.15, 0.2) is 78.9 Å². The molecule has 1 atom stereocenters. The highest BCUT2D eigenvalue weighted by Crippen LogP contribution is 2.16. The number of amides is 1. The largest absolute Gasteiger partial charge is 0.491 e. The molecule has 3 aromatic rings. The average molecular weight is 580 g/mol. The molecule has 0 spiro atoms. The quantitative estimate of drug-likeness (QED) is 0.200. The Morgan fingerprint density at radius 1 is 0.927 bits per heavy atom. The van der Waals surface area contributed by atoms with Crippen molar-refractivity contribution in [1.82, 2.24) is 4.90 Å². The first-order valence-electron chi connectivity index (χ1n) is 13.2. The van der Waals surface area contributed by atoms with E-state index in [0.29, 0.717) is 29.4 Å². The number of aliphatic hydroxyl groups excluding tert-OH is 1. The molecule has 218 valence electrons. The number of thiocarbonyl (C=S) groups is 1. The van der Waals surface area contributed by atoms with Gasteiger partial charge in [-0.1, -0.05) is 30.3 Å². The summed E-state index contributed by atoms with van der Waals surface area (Å²) in [5, 5.41) is 17.2. The van der Waals surface area contributed by atoms with Crippen LogP contribution in [0.3, 0.4) is 0 Å². The molecule has 0 bridgehead atoms. The number of rotatable bonds is 11. The first-order chi connectivity index (χ1) is 19.5. The van der Waals surface area contributed by atoms with Gasteiger partial charge in [0, 0.05) is 17.9 Å². The first kappa shape index (κ1) is 31.4. The minimum atomic E-state index is -0.889. The third-order valence-electron chi connectivity index (χ3n) is 5.71. The molecule has 3 rings (SSSR count). The first-order valence-corrected chi connectivity index (χ1v) is 13.6. The van der Waals surface area contributed by atoms with Gasteiger partial charge in [0.05, 0.1) is 19.2 Å². The molecule has 1 amide bonds. The average Bonchev–Trinajstić information content (AvgIpc) is 2.94. The Kier molecular flexibility index (Phi) is 11.5. The van der Waals surface area contributed by atoms with Gasteiger partial charge in [-0.15, -0.1) is 0 Å². The van der Waals surface area contributed by atoms with Crippen molar-refractivity contribution in [2.24, 2.45) is 0 Å². The summed E-state index contributed by atoms with van der Waals surface area (Å²) in [4.78, 5) is 26.0. The lowest BCUT2D eigenvalue weighted by molar-refractivity contribution is 0.00943. The SMILES string of the molecule is COC(=O)c1ccc(NC(=S)Nc2ccc(CCN(C[C@H](O)COc3ccccc3)C(=O)OC(C)(C)C)cc2)cc1. The number of carbonyl (C=O) groups is 2. The van der Waals surface area contributed by atoms with Crippen molar-refractivity contribution in [3.63, 3.8) is 0 Å². The summed E-state index contributed by atoms with van der Waals surface area (Å²) < 4.78 is 15.9. The van der Waals surface area contributed by atoms with Crippen LogP contribution in [0.1, 0.15) is 36.7 Å². The van der Waals surface area contributed by atoms with Gasteiger partial charge in [-0.05, 0) is 93.5 Å². The number of ether oxygens (including phenoxy) is 3. The number of esters is 1. The van der Waals surface area contributed by atoms with Crippen LogP contribution in [0.5, 0.6) is 5.75 Å². The van der Waals surface area contributed by atoms with Gasteiger partial charge >= 0.3 is 12.1 Å². The third kappa shape index (κ3) is 11.1. The minimum absolute atomic E-state index is 0.0487. The van der Waals surface area contributed by atoms with Gasteiger partial charge < -0.3 is 34.9 Å². The molecule has 0 saturated heterocycles. The Hall–Kier alpha value is -4.15. The second-order valence-corrected chi connectivity index (χ2v) is 10.7. The maximum atomic E-state index is 12.9. The summed E-state index contributed by atoms with van der Waals surface area (Å²) in [5.74, 6) is 0.245. The van der Waals surface area contributed by atoms with Gasteiger partial charge in [0.2, 0.25) is 0 Å². The molecule has 0 heterocycles. The molecule has 0 aliphatic rings. The van der Waals surface area contributed by atoms with E-state index >= 15 is 0 Å². The lowest BCUT2D eigenvalue weighted by Crippen LogP contribution is -2.43. The van der Waals surface area contributed by atoms with Crippen molar-refractivity contribution in [3.05, 3.63) is 90.0 Å². The highest BCUT2D eigenvalue weighted by atomic mass is 32.1. The number of benzene rings is 3. The summed E-state index contributed by atoms with van der Waals surface area (Å²) in [6.07, 6.45) is -0.828. The maximum Gasteiger partial charge on any atom is 0.410 e. The number of methoxy groups -OCH3 is 1. The number of anilines is 2. The zero-order valence-corrected chi connectivity index (χ0v) is 24.6. The Labute approximate surface area is 246 Å². The highest BCUT2D eigenvalue weighted by Gasteiger charge is 2.24. The second-order valence-electron chi connectivity index (χ2n) is 10.3. The molecular weight excluding hydrogens is 542 g/mol. The normalized spacial score (nSPS) is 11.6. The van der Waals surface area contributed by atoms with E-state index in [1.165, 1.54) is 12.0 Å². The molecule has 0 fully saturated rings. The summed E-state index contributed by atoms with van der Waals surface area (Å²) in [5.41, 5.74) is 2.30. The van der Waals surface area contributed by atoms with Crippen LogP contribution in [0.2, 0.25) is 0 Å². The molecule has 0 aliphatic carbocycles. The van der Waals surface area contributed by atoms with Crippen LogP contribution < -0.4 is 15.4 Å². The lowest BCUT2D eigenvalue weighted by Gasteiger charge is -2.29. The monoisotopic (exact) mass is 579 g/mol. The van der Waals surface area contributed by atoms with Crippen LogP contribution in [0.25, 0.3) is 0 Å². The lowest BCUT2D eigenvalue weighted by atomic mass is 10.1. The molecule has 41 heavy (non-hydrogen) atoms. The molecule has 0 aromatic heterocycles. The predicted octanol–water partition coefficient (Wildman–Crippen LogP) is 5.50. The van der Waals surface area contributed by atoms with E-state index in [-0.39, 0.29) is 13.2 Å². The number of hydrogen-bond acceptors (Lipinski definition) is 7. The number of carbonyl (C=O) groups excluding carboxylic acids is 2. The molecular formula is C31H37N3O6S. The molecule has 10 heteroatoms. The predicted molar refractivity (Wildman–Crippen MR) is 164 cm³/mol. The van der Waals surface area contributed by atoms with Crippen LogP contribution in [-0.2, 0) is 15.9 Å². The fraction of sp³-hybridized carbons (Fsp3) is 0.323. The number of aliphatic hydroxyl groups is 1. The van der Waals surface area contributed by atoms with Crippen molar-refractivity contribution in [1.29, 1.82) is 0 Å². The second kappa shape index (κ2) is 15.0. The van der Waals surface area contributed by atoms with Gasteiger partial charge in [0.15, 0.2) is 5.11 Å². The minimum Gasteiger partial charge on any atom is -0.491 e. The smallest absolute Gasteiger partial charge is 0.410 e. The summed E-state index contributed by atoms with van der Waals surface area (Å²) >= 11 is 5.40. The standard InChI is InChI=1S/C31H37N3O6S/c1-31(2,3)40-30(37)34(20-26(35)21-39-27-8-6-5-7-9-27)19-18-22-10-14-24(15-11-22)32-29(41)33-25-16-12-23(13-17-25)28(36)38-4/h5-17,26,35H,18-21H2,1-4H3,(H2,32,33,41)/t26-/m0/s1. The molecule has 0 unspecified atom stereocenters. The van der Waals surface area contributed by atoms with Gasteiger partial charge in [0.1, 0.15) is 24.1 Å². The van der Waals surface area contributed by atoms with Crippen molar-refractivity contribution in [2.75, 3.05) is 37.4 Å². The summed E-state index contributed by atoms with van der Waals surface area (Å²) in [6, 6.07) is 23.7. The number of nitrogens with one attached hydrogen (secondary N) is 2. The van der Waals surface area contributed by atoms with E-state index in [1.54, 1.807) is 45.0 Å². The summed E-state index contributed by atoms with van der Waals surface area (Å²) in [6.45, 7) is 5.89. The molecule has 9 nitrogen and oxygen atoms in total. The van der Waals surface area contributed by atoms with E-state index in [4.69, 9.17) is 26.4 Å². The van der Waals surface area contributed by atoms with Crippen molar-refractivity contribution in [3.8, 4) is 5.75 Å². The fourth-order valence-corrected chi connectivity index (χ4v) is 3.96. The van der Waals surface area contributed by atoms with Gasteiger partial charge in [-0.3, -0.25) is 0 Å². The zero-order chi connectivity index (χ0) is 29.8. The number of para-hydroxylation sites is 1. The zero-order valence-electron chi connectivity index (χ0n) is 23.8. The maximum absolute atomic E-state index is 12.9. The molecule has 3 aromatic carbocycles. The van der Waals surface area contributed by atoms with E-state index in [0.717, 1.165) is 16.9 Å².